The van der Waals surface area contributed by atoms with Crippen molar-refractivity contribution < 1.29 is 4.42 Å². The van der Waals surface area contributed by atoms with Crippen LogP contribution in [0.5, 0.6) is 0 Å². The standard InChI is InChI=1S/C12H20N2O/c1-13-8-11-4-2-6-14(9-11)10-12-5-3-7-15-12/h3,5,7,11,13H,2,4,6,8-10H2,1H3/t11-/m0/s1. The lowest BCUT2D eigenvalue weighted by Gasteiger charge is -2.31. The summed E-state index contributed by atoms with van der Waals surface area (Å²) in [7, 11) is 2.03. The molecule has 0 bridgehead atoms. The van der Waals surface area contributed by atoms with Gasteiger partial charge in [0.05, 0.1) is 12.8 Å². The van der Waals surface area contributed by atoms with Crippen LogP contribution < -0.4 is 5.32 Å². The minimum atomic E-state index is 0.804. The summed E-state index contributed by atoms with van der Waals surface area (Å²) in [5.41, 5.74) is 0. The van der Waals surface area contributed by atoms with E-state index in [4.69, 9.17) is 4.42 Å². The SMILES string of the molecule is CNC[C@@H]1CCCN(Cc2ccco2)C1. The fourth-order valence-electron chi connectivity index (χ4n) is 2.37. The molecule has 15 heavy (non-hydrogen) atoms. The maximum Gasteiger partial charge on any atom is 0.117 e. The molecule has 0 aliphatic carbocycles. The molecule has 0 unspecified atom stereocenters. The lowest BCUT2D eigenvalue weighted by atomic mass is 9.98. The fraction of sp³-hybridized carbons (Fsp3) is 0.667. The first kappa shape index (κ1) is 10.7. The zero-order valence-corrected chi connectivity index (χ0v) is 9.41. The van der Waals surface area contributed by atoms with Gasteiger partial charge >= 0.3 is 0 Å². The van der Waals surface area contributed by atoms with E-state index in [0.29, 0.717) is 0 Å². The van der Waals surface area contributed by atoms with Crippen molar-refractivity contribution in [2.45, 2.75) is 19.4 Å². The summed E-state index contributed by atoms with van der Waals surface area (Å²) >= 11 is 0. The van der Waals surface area contributed by atoms with Gasteiger partial charge in [-0.25, -0.2) is 0 Å². The molecule has 0 spiro atoms. The number of furan rings is 1. The molecule has 1 aliphatic rings. The van der Waals surface area contributed by atoms with Crippen molar-refractivity contribution in [3.63, 3.8) is 0 Å². The van der Waals surface area contributed by atoms with Gasteiger partial charge in [0.15, 0.2) is 0 Å². The molecule has 1 N–H and O–H groups in total. The van der Waals surface area contributed by atoms with E-state index >= 15 is 0 Å². The molecular formula is C12H20N2O. The maximum absolute atomic E-state index is 5.37. The third-order valence-corrected chi connectivity index (χ3v) is 3.06. The Morgan fingerprint density at radius 1 is 1.60 bits per heavy atom. The van der Waals surface area contributed by atoms with Crippen molar-refractivity contribution in [1.82, 2.24) is 10.2 Å². The molecule has 3 heteroatoms. The van der Waals surface area contributed by atoms with Gasteiger partial charge in [-0.1, -0.05) is 0 Å². The Balaban J connectivity index is 1.82. The predicted molar refractivity (Wildman–Crippen MR) is 60.6 cm³/mol. The number of rotatable bonds is 4. The topological polar surface area (TPSA) is 28.4 Å². The maximum atomic E-state index is 5.37. The molecule has 2 rings (SSSR count). The second-order valence-corrected chi connectivity index (χ2v) is 4.38. The molecule has 2 heterocycles. The zero-order chi connectivity index (χ0) is 10.5. The molecular weight excluding hydrogens is 188 g/mol. The number of hydrogen-bond acceptors (Lipinski definition) is 3. The average molecular weight is 208 g/mol. The van der Waals surface area contributed by atoms with Crippen LogP contribution in [0, 0.1) is 5.92 Å². The van der Waals surface area contributed by atoms with Gasteiger partial charge in [0.2, 0.25) is 0 Å². The molecule has 1 fully saturated rings. The van der Waals surface area contributed by atoms with E-state index in [1.165, 1.54) is 25.9 Å². The third-order valence-electron chi connectivity index (χ3n) is 3.06. The van der Waals surface area contributed by atoms with Crippen LogP contribution in [0.1, 0.15) is 18.6 Å². The van der Waals surface area contributed by atoms with Crippen molar-refractivity contribution in [3.05, 3.63) is 24.2 Å². The Bertz CT molecular complexity index is 269. The number of nitrogens with zero attached hydrogens (tertiary/aromatic N) is 1. The zero-order valence-electron chi connectivity index (χ0n) is 9.41. The van der Waals surface area contributed by atoms with Crippen LogP contribution in [-0.2, 0) is 6.54 Å². The molecule has 84 valence electrons. The van der Waals surface area contributed by atoms with Crippen molar-refractivity contribution in [3.8, 4) is 0 Å². The highest BCUT2D eigenvalue weighted by atomic mass is 16.3. The summed E-state index contributed by atoms with van der Waals surface area (Å²) in [5.74, 6) is 1.89. The third kappa shape index (κ3) is 3.08. The summed E-state index contributed by atoms with van der Waals surface area (Å²) in [5, 5.41) is 3.27. The number of piperidine rings is 1. The highest BCUT2D eigenvalue weighted by Crippen LogP contribution is 2.17. The van der Waals surface area contributed by atoms with Crippen LogP contribution in [0.25, 0.3) is 0 Å². The molecule has 0 saturated carbocycles. The van der Waals surface area contributed by atoms with E-state index in [1.54, 1.807) is 6.26 Å². The van der Waals surface area contributed by atoms with E-state index in [9.17, 15) is 0 Å². The van der Waals surface area contributed by atoms with Gasteiger partial charge in [-0.2, -0.15) is 0 Å². The molecule has 0 radical (unpaired) electrons. The average Bonchev–Trinajstić information content (AvgIpc) is 2.71. The summed E-state index contributed by atoms with van der Waals surface area (Å²) < 4.78 is 5.37. The molecule has 3 nitrogen and oxygen atoms in total. The Hall–Kier alpha value is -0.800. The minimum Gasteiger partial charge on any atom is -0.468 e. The second kappa shape index (κ2) is 5.33. The normalized spacial score (nSPS) is 23.1. The highest BCUT2D eigenvalue weighted by Gasteiger charge is 2.19. The lowest BCUT2D eigenvalue weighted by molar-refractivity contribution is 0.156. The summed E-state index contributed by atoms with van der Waals surface area (Å²) in [6.07, 6.45) is 4.42. The van der Waals surface area contributed by atoms with Crippen LogP contribution in [0.2, 0.25) is 0 Å². The minimum absolute atomic E-state index is 0.804. The quantitative estimate of drug-likeness (QED) is 0.816. The van der Waals surface area contributed by atoms with Gasteiger partial charge in [-0.15, -0.1) is 0 Å². The number of hydrogen-bond donors (Lipinski definition) is 1. The van der Waals surface area contributed by atoms with Crippen LogP contribution in [0.3, 0.4) is 0 Å². The van der Waals surface area contributed by atoms with Gasteiger partial charge in [0.25, 0.3) is 0 Å². The van der Waals surface area contributed by atoms with Gasteiger partial charge in [0.1, 0.15) is 5.76 Å². The van der Waals surface area contributed by atoms with Crippen molar-refractivity contribution in [2.24, 2.45) is 5.92 Å². The van der Waals surface area contributed by atoms with Gasteiger partial charge in [-0.3, -0.25) is 4.90 Å². The van der Waals surface area contributed by atoms with E-state index in [1.807, 2.05) is 13.1 Å². The van der Waals surface area contributed by atoms with Crippen LogP contribution in [0.15, 0.2) is 22.8 Å². The van der Waals surface area contributed by atoms with Crippen molar-refractivity contribution >= 4 is 0 Å². The van der Waals surface area contributed by atoms with E-state index in [-0.39, 0.29) is 0 Å². The number of likely N-dealkylation sites (tertiary alicyclic amines) is 1. The first-order valence-corrected chi connectivity index (χ1v) is 5.78. The Morgan fingerprint density at radius 3 is 3.27 bits per heavy atom. The fourth-order valence-corrected chi connectivity index (χ4v) is 2.37. The first-order valence-electron chi connectivity index (χ1n) is 5.78. The Morgan fingerprint density at radius 2 is 2.53 bits per heavy atom. The summed E-state index contributed by atoms with van der Waals surface area (Å²) in [6, 6.07) is 4.02. The van der Waals surface area contributed by atoms with E-state index < -0.39 is 0 Å². The molecule has 1 atom stereocenters. The first-order chi connectivity index (χ1) is 7.38. The Labute approximate surface area is 91.4 Å². The van der Waals surface area contributed by atoms with Crippen molar-refractivity contribution in [1.29, 1.82) is 0 Å². The van der Waals surface area contributed by atoms with Crippen LogP contribution >= 0.6 is 0 Å². The van der Waals surface area contributed by atoms with E-state index in [0.717, 1.165) is 24.8 Å². The number of nitrogens with one attached hydrogen (secondary N) is 1. The van der Waals surface area contributed by atoms with Crippen LogP contribution in [0.4, 0.5) is 0 Å². The molecule has 0 amide bonds. The smallest absolute Gasteiger partial charge is 0.117 e. The van der Waals surface area contributed by atoms with Gasteiger partial charge < -0.3 is 9.73 Å². The van der Waals surface area contributed by atoms with Crippen LogP contribution in [-0.4, -0.2) is 31.6 Å². The summed E-state index contributed by atoms with van der Waals surface area (Å²) in [6.45, 7) is 4.50. The van der Waals surface area contributed by atoms with E-state index in [2.05, 4.69) is 16.3 Å². The molecule has 1 aromatic heterocycles. The van der Waals surface area contributed by atoms with Gasteiger partial charge in [0, 0.05) is 6.54 Å². The monoisotopic (exact) mass is 208 g/mol. The predicted octanol–water partition coefficient (Wildman–Crippen LogP) is 1.71. The highest BCUT2D eigenvalue weighted by molar-refractivity contribution is 4.98. The second-order valence-electron chi connectivity index (χ2n) is 4.38. The molecule has 0 aromatic carbocycles. The van der Waals surface area contributed by atoms with Gasteiger partial charge in [-0.05, 0) is 51.0 Å². The molecule has 1 aromatic rings. The largest absolute Gasteiger partial charge is 0.468 e. The summed E-state index contributed by atoms with van der Waals surface area (Å²) in [4.78, 5) is 2.49. The van der Waals surface area contributed by atoms with Crippen molar-refractivity contribution in [2.75, 3.05) is 26.7 Å². The lowest BCUT2D eigenvalue weighted by Crippen LogP contribution is -2.38. The molecule has 1 saturated heterocycles. The molecule has 1 aliphatic heterocycles. The Kier molecular flexibility index (Phi) is 3.80.